The third-order valence-corrected chi connectivity index (χ3v) is 3.24. The Kier molecular flexibility index (Phi) is 2.28. The molecule has 0 aliphatic heterocycles. The summed E-state index contributed by atoms with van der Waals surface area (Å²) < 4.78 is 27.2. The van der Waals surface area contributed by atoms with Crippen LogP contribution in [-0.2, 0) is 9.05 Å². The third kappa shape index (κ3) is 1.88. The van der Waals surface area contributed by atoms with Gasteiger partial charge in [-0.3, -0.25) is 0 Å². The van der Waals surface area contributed by atoms with E-state index in [-0.39, 0.29) is 10.5 Å². The summed E-state index contributed by atoms with van der Waals surface area (Å²) in [5.41, 5.74) is -0.544. The topological polar surface area (TPSA) is 64.3 Å². The maximum Gasteiger partial charge on any atom is 0.337 e. The highest BCUT2D eigenvalue weighted by atomic mass is 35.7. The van der Waals surface area contributed by atoms with E-state index in [0.29, 0.717) is 5.39 Å². The van der Waals surface area contributed by atoms with Crippen molar-refractivity contribution in [3.8, 4) is 0 Å². The average Bonchev–Trinajstić information content (AvgIpc) is 2.15. The molecule has 0 unspecified atom stereocenters. The van der Waals surface area contributed by atoms with Gasteiger partial charge in [0.2, 0.25) is 0 Å². The molecule has 78 valence electrons. The highest BCUT2D eigenvalue weighted by Crippen LogP contribution is 2.23. The van der Waals surface area contributed by atoms with Crippen LogP contribution in [0.25, 0.3) is 11.0 Å². The molecule has 2 aromatic rings. The van der Waals surface area contributed by atoms with Crippen LogP contribution in [0.5, 0.6) is 0 Å². The fourth-order valence-electron chi connectivity index (χ4n) is 1.28. The van der Waals surface area contributed by atoms with E-state index in [2.05, 4.69) is 0 Å². The van der Waals surface area contributed by atoms with Crippen molar-refractivity contribution in [1.82, 2.24) is 0 Å². The first-order valence-corrected chi connectivity index (χ1v) is 6.27. The molecule has 2 rings (SSSR count). The summed E-state index contributed by atoms with van der Waals surface area (Å²) in [4.78, 5) is 10.8. The van der Waals surface area contributed by atoms with E-state index in [1.807, 2.05) is 0 Å². The van der Waals surface area contributed by atoms with E-state index >= 15 is 0 Å². The lowest BCUT2D eigenvalue weighted by Crippen LogP contribution is -2.02. The summed E-state index contributed by atoms with van der Waals surface area (Å²) in [5, 5.41) is 0.298. The summed E-state index contributed by atoms with van der Waals surface area (Å²) >= 11 is 0. The second kappa shape index (κ2) is 3.36. The lowest BCUT2D eigenvalue weighted by molar-refractivity contribution is 0.554. The molecule has 0 atom stereocenters. The molecule has 0 N–H and O–H groups in total. The quantitative estimate of drug-likeness (QED) is 0.566. The SMILES string of the molecule is O=c1cc(S(=O)(=O)Cl)c2ccccc2o1. The number of hydrogen-bond donors (Lipinski definition) is 0. The van der Waals surface area contributed by atoms with E-state index in [4.69, 9.17) is 15.1 Å². The molecule has 1 aromatic heterocycles. The van der Waals surface area contributed by atoms with E-state index in [1.54, 1.807) is 12.1 Å². The average molecular weight is 245 g/mol. The summed E-state index contributed by atoms with van der Waals surface area (Å²) in [6, 6.07) is 7.16. The number of para-hydroxylation sites is 1. The largest absolute Gasteiger partial charge is 0.423 e. The first-order valence-electron chi connectivity index (χ1n) is 3.96. The van der Waals surface area contributed by atoms with Crippen molar-refractivity contribution in [2.24, 2.45) is 0 Å². The molecule has 0 saturated heterocycles. The van der Waals surface area contributed by atoms with Gasteiger partial charge < -0.3 is 4.42 Å². The van der Waals surface area contributed by atoms with Gasteiger partial charge in [-0.05, 0) is 12.1 Å². The minimum Gasteiger partial charge on any atom is -0.423 e. The molecule has 0 radical (unpaired) electrons. The zero-order chi connectivity index (χ0) is 11.1. The van der Waals surface area contributed by atoms with Gasteiger partial charge in [0.1, 0.15) is 10.5 Å². The van der Waals surface area contributed by atoms with Crippen LogP contribution in [0.3, 0.4) is 0 Å². The normalized spacial score (nSPS) is 11.8. The zero-order valence-electron chi connectivity index (χ0n) is 7.31. The van der Waals surface area contributed by atoms with Gasteiger partial charge in [0.15, 0.2) is 0 Å². The second-order valence-corrected chi connectivity index (χ2v) is 5.40. The molecule has 1 aromatic carbocycles. The monoisotopic (exact) mass is 244 g/mol. The maximum absolute atomic E-state index is 11.2. The Bertz CT molecular complexity index is 672. The molecule has 0 spiro atoms. The third-order valence-electron chi connectivity index (χ3n) is 1.87. The summed E-state index contributed by atoms with van der Waals surface area (Å²) in [7, 11) is 1.26. The minimum absolute atomic E-state index is 0.198. The summed E-state index contributed by atoms with van der Waals surface area (Å²) in [6.07, 6.45) is 0. The zero-order valence-corrected chi connectivity index (χ0v) is 8.88. The van der Waals surface area contributed by atoms with Crippen LogP contribution in [0.15, 0.2) is 44.4 Å². The molecule has 4 nitrogen and oxygen atoms in total. The molecule has 0 aliphatic rings. The summed E-state index contributed by atoms with van der Waals surface area (Å²) in [5.74, 6) is 0. The van der Waals surface area contributed by atoms with Crippen LogP contribution in [0, 0.1) is 0 Å². The van der Waals surface area contributed by atoms with Crippen LogP contribution in [-0.4, -0.2) is 8.42 Å². The van der Waals surface area contributed by atoms with Crippen LogP contribution in [0.4, 0.5) is 0 Å². The maximum atomic E-state index is 11.2. The molecule has 1 heterocycles. The molecule has 0 saturated carbocycles. The molecule has 0 bridgehead atoms. The number of fused-ring (bicyclic) bond motifs is 1. The minimum atomic E-state index is -3.94. The van der Waals surface area contributed by atoms with Crippen molar-refractivity contribution in [3.05, 3.63) is 40.8 Å². The van der Waals surface area contributed by atoms with Gasteiger partial charge in [0.25, 0.3) is 9.05 Å². The van der Waals surface area contributed by atoms with E-state index in [0.717, 1.165) is 6.07 Å². The molecule has 0 aliphatic carbocycles. The van der Waals surface area contributed by atoms with Gasteiger partial charge in [0.05, 0.1) is 0 Å². The first kappa shape index (κ1) is 10.2. The van der Waals surface area contributed by atoms with Gasteiger partial charge in [-0.15, -0.1) is 0 Å². The van der Waals surface area contributed by atoms with Crippen molar-refractivity contribution < 1.29 is 12.8 Å². The highest BCUT2D eigenvalue weighted by molar-refractivity contribution is 8.14. The summed E-state index contributed by atoms with van der Waals surface area (Å²) in [6.45, 7) is 0. The molecular weight excluding hydrogens is 240 g/mol. The van der Waals surface area contributed by atoms with Gasteiger partial charge in [0, 0.05) is 22.1 Å². The molecule has 6 heteroatoms. The molecule has 0 amide bonds. The van der Waals surface area contributed by atoms with Crippen LogP contribution in [0.1, 0.15) is 0 Å². The number of hydrogen-bond acceptors (Lipinski definition) is 4. The van der Waals surface area contributed by atoms with Crippen LogP contribution in [0.2, 0.25) is 0 Å². The van der Waals surface area contributed by atoms with Crippen LogP contribution < -0.4 is 5.63 Å². The number of benzene rings is 1. The second-order valence-electron chi connectivity index (χ2n) is 2.86. The molecule has 0 fully saturated rings. The van der Waals surface area contributed by atoms with Crippen LogP contribution >= 0.6 is 10.7 Å². The Balaban J connectivity index is 3.02. The Morgan fingerprint density at radius 3 is 2.53 bits per heavy atom. The molecule has 15 heavy (non-hydrogen) atoms. The smallest absolute Gasteiger partial charge is 0.337 e. The number of rotatable bonds is 1. The van der Waals surface area contributed by atoms with E-state index in [9.17, 15) is 13.2 Å². The fourth-order valence-corrected chi connectivity index (χ4v) is 2.33. The molecular formula is C9H5ClO4S. The Hall–Kier alpha value is -1.33. The van der Waals surface area contributed by atoms with Crippen molar-refractivity contribution in [2.75, 3.05) is 0 Å². The van der Waals surface area contributed by atoms with E-state index in [1.165, 1.54) is 12.1 Å². The predicted octanol–water partition coefficient (Wildman–Crippen LogP) is 1.72. The fraction of sp³-hybridized carbons (Fsp3) is 0. The van der Waals surface area contributed by atoms with Crippen molar-refractivity contribution in [2.45, 2.75) is 4.90 Å². The van der Waals surface area contributed by atoms with Gasteiger partial charge in [-0.25, -0.2) is 13.2 Å². The standard InChI is InChI=1S/C9H5ClO4S/c10-15(12,13)8-5-9(11)14-7-4-2-1-3-6(7)8/h1-5H. The van der Waals surface area contributed by atoms with Gasteiger partial charge in [-0.1, -0.05) is 12.1 Å². The van der Waals surface area contributed by atoms with Crippen molar-refractivity contribution in [1.29, 1.82) is 0 Å². The van der Waals surface area contributed by atoms with Crippen molar-refractivity contribution in [3.63, 3.8) is 0 Å². The van der Waals surface area contributed by atoms with Crippen molar-refractivity contribution >= 4 is 30.7 Å². The Labute approximate surface area is 89.5 Å². The van der Waals surface area contributed by atoms with Gasteiger partial charge in [-0.2, -0.15) is 0 Å². The predicted molar refractivity (Wildman–Crippen MR) is 55.5 cm³/mol. The van der Waals surface area contributed by atoms with E-state index < -0.39 is 14.7 Å². The highest BCUT2D eigenvalue weighted by Gasteiger charge is 2.16. The lowest BCUT2D eigenvalue weighted by atomic mass is 10.2. The number of halogens is 1. The Morgan fingerprint density at radius 2 is 1.87 bits per heavy atom. The lowest BCUT2D eigenvalue weighted by Gasteiger charge is -2.00. The van der Waals surface area contributed by atoms with Gasteiger partial charge >= 0.3 is 5.63 Å². The first-order chi connectivity index (χ1) is 6.98. The Morgan fingerprint density at radius 1 is 1.20 bits per heavy atom.